The first-order valence-electron chi connectivity index (χ1n) is 8.17. The molecule has 0 aromatic heterocycles. The zero-order valence-corrected chi connectivity index (χ0v) is 14.1. The molecular formula is C19H20F2O2S. The van der Waals surface area contributed by atoms with Gasteiger partial charge >= 0.3 is 0 Å². The summed E-state index contributed by atoms with van der Waals surface area (Å²) in [6.07, 6.45) is 4.74. The highest BCUT2D eigenvalue weighted by atomic mass is 32.2. The van der Waals surface area contributed by atoms with Crippen molar-refractivity contribution in [2.24, 2.45) is 0 Å². The summed E-state index contributed by atoms with van der Waals surface area (Å²) in [6, 6.07) is 10.0. The van der Waals surface area contributed by atoms with Crippen molar-refractivity contribution in [3.63, 3.8) is 0 Å². The van der Waals surface area contributed by atoms with Crippen molar-refractivity contribution >= 4 is 11.8 Å². The summed E-state index contributed by atoms with van der Waals surface area (Å²) in [5.41, 5.74) is 1.21. The molecule has 0 saturated heterocycles. The predicted octanol–water partition coefficient (Wildman–Crippen LogP) is 5.04. The van der Waals surface area contributed by atoms with E-state index >= 15 is 0 Å². The van der Waals surface area contributed by atoms with Gasteiger partial charge in [-0.05, 0) is 61.1 Å². The first-order valence-corrected chi connectivity index (χ1v) is 9.15. The van der Waals surface area contributed by atoms with Gasteiger partial charge in [-0.3, -0.25) is 0 Å². The average Bonchev–Trinajstić information content (AvgIpc) is 3.07. The molecule has 2 aromatic carbocycles. The third kappa shape index (κ3) is 4.08. The Morgan fingerprint density at radius 3 is 2.42 bits per heavy atom. The molecule has 2 aromatic rings. The van der Waals surface area contributed by atoms with E-state index in [1.54, 1.807) is 0 Å². The molecule has 0 spiro atoms. The van der Waals surface area contributed by atoms with E-state index in [0.29, 0.717) is 5.56 Å². The van der Waals surface area contributed by atoms with Crippen molar-refractivity contribution in [2.45, 2.75) is 36.7 Å². The zero-order chi connectivity index (χ0) is 16.9. The second-order valence-corrected chi connectivity index (χ2v) is 7.00. The summed E-state index contributed by atoms with van der Waals surface area (Å²) in [5, 5.41) is 8.81. The number of hydrogen-bond acceptors (Lipinski definition) is 3. The summed E-state index contributed by atoms with van der Waals surface area (Å²) >= 11 is 0.977. The maximum Gasteiger partial charge on any atom is 0.140 e. The third-order valence-electron chi connectivity index (χ3n) is 4.11. The van der Waals surface area contributed by atoms with Crippen molar-refractivity contribution < 1.29 is 18.6 Å². The van der Waals surface area contributed by atoms with Crippen LogP contribution in [0.1, 0.15) is 25.7 Å². The molecule has 0 unspecified atom stereocenters. The molecule has 128 valence electrons. The first kappa shape index (κ1) is 17.2. The lowest BCUT2D eigenvalue weighted by Crippen LogP contribution is -2.10. The van der Waals surface area contributed by atoms with Crippen LogP contribution in [0.5, 0.6) is 5.75 Å². The normalized spacial score (nSPS) is 15.0. The Bertz CT molecular complexity index is 677. The number of hydrogen-bond donors (Lipinski definition) is 1. The molecule has 0 radical (unpaired) electrons. The van der Waals surface area contributed by atoms with Crippen molar-refractivity contribution in [2.75, 3.05) is 12.4 Å². The predicted molar refractivity (Wildman–Crippen MR) is 92.5 cm³/mol. The number of benzene rings is 2. The molecule has 1 aliphatic carbocycles. The monoisotopic (exact) mass is 350 g/mol. The lowest BCUT2D eigenvalue weighted by Gasteiger charge is -2.14. The number of aliphatic hydroxyl groups excluding tert-OH is 1. The largest absolute Gasteiger partial charge is 0.490 e. The molecule has 0 amide bonds. The number of aliphatic hydroxyl groups is 1. The van der Waals surface area contributed by atoms with Gasteiger partial charge in [0.05, 0.1) is 17.6 Å². The van der Waals surface area contributed by atoms with E-state index < -0.39 is 11.6 Å². The van der Waals surface area contributed by atoms with Crippen LogP contribution in [0.2, 0.25) is 0 Å². The molecule has 1 saturated carbocycles. The molecule has 0 heterocycles. The van der Waals surface area contributed by atoms with Crippen LogP contribution in [0.3, 0.4) is 0 Å². The highest BCUT2D eigenvalue weighted by Crippen LogP contribution is 2.32. The van der Waals surface area contributed by atoms with Crippen molar-refractivity contribution in [3.05, 3.63) is 48.0 Å². The fourth-order valence-electron chi connectivity index (χ4n) is 2.96. The minimum Gasteiger partial charge on any atom is -0.490 e. The molecule has 1 N–H and O–H groups in total. The second-order valence-electron chi connectivity index (χ2n) is 5.89. The lowest BCUT2D eigenvalue weighted by atomic mass is 10.1. The lowest BCUT2D eigenvalue weighted by molar-refractivity contribution is 0.210. The van der Waals surface area contributed by atoms with Gasteiger partial charge in [0.15, 0.2) is 0 Å². The van der Waals surface area contributed by atoms with Crippen LogP contribution >= 0.6 is 11.8 Å². The molecule has 24 heavy (non-hydrogen) atoms. The fourth-order valence-corrected chi connectivity index (χ4v) is 3.65. The number of halogens is 2. The van der Waals surface area contributed by atoms with Gasteiger partial charge in [-0.1, -0.05) is 12.1 Å². The SMILES string of the molecule is OCCSc1c(F)cc(-c2cccc(OC3CCCC3)c2)cc1F. The van der Waals surface area contributed by atoms with E-state index in [4.69, 9.17) is 9.84 Å². The molecular weight excluding hydrogens is 330 g/mol. The summed E-state index contributed by atoms with van der Waals surface area (Å²) in [7, 11) is 0. The van der Waals surface area contributed by atoms with Crippen LogP contribution in [-0.2, 0) is 0 Å². The van der Waals surface area contributed by atoms with Gasteiger partial charge in [0.2, 0.25) is 0 Å². The van der Waals surface area contributed by atoms with Crippen LogP contribution in [0, 0.1) is 11.6 Å². The fraction of sp³-hybridized carbons (Fsp3) is 0.368. The molecule has 0 bridgehead atoms. The zero-order valence-electron chi connectivity index (χ0n) is 13.3. The first-order chi connectivity index (χ1) is 11.7. The molecule has 1 fully saturated rings. The Morgan fingerprint density at radius 2 is 1.75 bits per heavy atom. The third-order valence-corrected chi connectivity index (χ3v) is 5.17. The average molecular weight is 350 g/mol. The quantitative estimate of drug-likeness (QED) is 0.740. The molecule has 0 aliphatic heterocycles. The highest BCUT2D eigenvalue weighted by molar-refractivity contribution is 7.99. The van der Waals surface area contributed by atoms with Crippen LogP contribution in [0.4, 0.5) is 8.78 Å². The standard InChI is InChI=1S/C19H20F2O2S/c20-17-11-14(12-18(21)19(17)24-9-8-22)13-4-3-7-16(10-13)23-15-5-1-2-6-15/h3-4,7,10-12,15,22H,1-2,5-6,8-9H2. The van der Waals surface area contributed by atoms with Crippen molar-refractivity contribution in [1.29, 1.82) is 0 Å². The summed E-state index contributed by atoms with van der Waals surface area (Å²) in [5.74, 6) is -0.215. The van der Waals surface area contributed by atoms with Crippen LogP contribution in [0.25, 0.3) is 11.1 Å². The maximum absolute atomic E-state index is 14.2. The topological polar surface area (TPSA) is 29.5 Å². The summed E-state index contributed by atoms with van der Waals surface area (Å²) < 4.78 is 34.3. The van der Waals surface area contributed by atoms with Gasteiger partial charge in [0.25, 0.3) is 0 Å². The van der Waals surface area contributed by atoms with Gasteiger partial charge in [-0.2, -0.15) is 0 Å². The van der Waals surface area contributed by atoms with Gasteiger partial charge in [0.1, 0.15) is 17.4 Å². The number of rotatable bonds is 6. The van der Waals surface area contributed by atoms with E-state index in [1.807, 2.05) is 24.3 Å². The van der Waals surface area contributed by atoms with Gasteiger partial charge in [-0.25, -0.2) is 8.78 Å². The molecule has 0 atom stereocenters. The van der Waals surface area contributed by atoms with E-state index in [0.717, 1.165) is 35.9 Å². The Morgan fingerprint density at radius 1 is 1.04 bits per heavy atom. The molecule has 1 aliphatic rings. The van der Waals surface area contributed by atoms with E-state index in [9.17, 15) is 8.78 Å². The van der Waals surface area contributed by atoms with Crippen LogP contribution in [0.15, 0.2) is 41.3 Å². The maximum atomic E-state index is 14.2. The number of ether oxygens (including phenoxy) is 1. The van der Waals surface area contributed by atoms with Gasteiger partial charge in [0, 0.05) is 5.75 Å². The molecule has 5 heteroatoms. The molecule has 3 rings (SSSR count). The number of thioether (sulfide) groups is 1. The highest BCUT2D eigenvalue weighted by Gasteiger charge is 2.17. The Hall–Kier alpha value is -1.59. The Kier molecular flexibility index (Phi) is 5.74. The summed E-state index contributed by atoms with van der Waals surface area (Å²) in [4.78, 5) is -0.0499. The summed E-state index contributed by atoms with van der Waals surface area (Å²) in [6.45, 7) is -0.119. The van der Waals surface area contributed by atoms with Crippen molar-refractivity contribution in [3.8, 4) is 16.9 Å². The molecule has 2 nitrogen and oxygen atoms in total. The van der Waals surface area contributed by atoms with Crippen LogP contribution in [-0.4, -0.2) is 23.6 Å². The minimum atomic E-state index is -0.606. The van der Waals surface area contributed by atoms with E-state index in [2.05, 4.69) is 0 Å². The van der Waals surface area contributed by atoms with Gasteiger partial charge < -0.3 is 9.84 Å². The minimum absolute atomic E-state index is 0.0499. The second kappa shape index (κ2) is 7.99. The van der Waals surface area contributed by atoms with E-state index in [1.165, 1.54) is 25.0 Å². The smallest absolute Gasteiger partial charge is 0.140 e. The van der Waals surface area contributed by atoms with Gasteiger partial charge in [-0.15, -0.1) is 11.8 Å². The van der Waals surface area contributed by atoms with Crippen molar-refractivity contribution in [1.82, 2.24) is 0 Å². The Balaban J connectivity index is 1.83. The Labute approximate surface area is 144 Å². The van der Waals surface area contributed by atoms with Crippen LogP contribution < -0.4 is 4.74 Å². The van der Waals surface area contributed by atoms with E-state index in [-0.39, 0.29) is 23.4 Å².